The van der Waals surface area contributed by atoms with Gasteiger partial charge >= 0.3 is 0 Å². The summed E-state index contributed by atoms with van der Waals surface area (Å²) in [6.45, 7) is 4.29. The third-order valence-corrected chi connectivity index (χ3v) is 3.17. The van der Waals surface area contributed by atoms with Crippen molar-refractivity contribution >= 4 is 23.5 Å². The maximum absolute atomic E-state index is 11.2. The van der Waals surface area contributed by atoms with E-state index in [-0.39, 0.29) is 5.02 Å². The third-order valence-electron chi connectivity index (χ3n) is 2.80. The number of hydrogen-bond donors (Lipinski definition) is 2. The second-order valence-electron chi connectivity index (χ2n) is 4.62. The highest BCUT2D eigenvalue weighted by molar-refractivity contribution is 6.32. The second kappa shape index (κ2) is 6.34. The van der Waals surface area contributed by atoms with Crippen molar-refractivity contribution in [3.63, 3.8) is 0 Å². The van der Waals surface area contributed by atoms with Gasteiger partial charge in [0.15, 0.2) is 0 Å². The predicted octanol–water partition coefficient (Wildman–Crippen LogP) is 2.99. The Balaban J connectivity index is 2.06. The largest absolute Gasteiger partial charge is 0.285 e. The molecule has 0 atom stereocenters. The molecule has 1 aromatic carbocycles. The summed E-state index contributed by atoms with van der Waals surface area (Å²) >= 11 is 5.81. The Morgan fingerprint density at radius 3 is 2.70 bits per heavy atom. The van der Waals surface area contributed by atoms with E-state index in [1.54, 1.807) is 6.21 Å². The van der Waals surface area contributed by atoms with Crippen molar-refractivity contribution in [1.82, 2.24) is 10.2 Å². The molecule has 6 heteroatoms. The molecule has 0 radical (unpaired) electrons. The topological polar surface area (TPSA) is 70.1 Å². The lowest BCUT2D eigenvalue weighted by Gasteiger charge is -2.04. The van der Waals surface area contributed by atoms with Crippen LogP contribution in [-0.4, -0.2) is 16.4 Å². The number of nitrogens with zero attached hydrogens (tertiary/aromatic N) is 2. The van der Waals surface area contributed by atoms with E-state index < -0.39 is 5.56 Å². The Morgan fingerprint density at radius 2 is 2.05 bits per heavy atom. The highest BCUT2D eigenvalue weighted by Crippen LogP contribution is 2.15. The Hall–Kier alpha value is -2.14. The van der Waals surface area contributed by atoms with Crippen molar-refractivity contribution in [2.45, 2.75) is 19.8 Å². The zero-order chi connectivity index (χ0) is 14.5. The summed E-state index contributed by atoms with van der Waals surface area (Å²) in [5.74, 6) is 0.500. The molecule has 0 aliphatic carbocycles. The summed E-state index contributed by atoms with van der Waals surface area (Å²) in [4.78, 5) is 11.2. The molecule has 0 aliphatic heterocycles. The lowest BCUT2D eigenvalue weighted by atomic mass is 10.0. The molecule has 2 aromatic rings. The van der Waals surface area contributed by atoms with E-state index in [9.17, 15) is 4.79 Å². The maximum atomic E-state index is 11.2. The average Bonchev–Trinajstić information content (AvgIpc) is 2.44. The van der Waals surface area contributed by atoms with E-state index in [2.05, 4.69) is 46.7 Å². The number of nitrogens with one attached hydrogen (secondary N) is 2. The number of benzene rings is 1. The number of hydrazone groups is 1. The third kappa shape index (κ3) is 3.45. The van der Waals surface area contributed by atoms with Crippen LogP contribution in [0.5, 0.6) is 0 Å². The van der Waals surface area contributed by atoms with Gasteiger partial charge in [-0.05, 0) is 17.0 Å². The minimum absolute atomic E-state index is 0.0345. The zero-order valence-corrected chi connectivity index (χ0v) is 12.0. The first-order valence-electron chi connectivity index (χ1n) is 6.20. The van der Waals surface area contributed by atoms with E-state index >= 15 is 0 Å². The van der Waals surface area contributed by atoms with Gasteiger partial charge in [-0.2, -0.15) is 10.2 Å². The summed E-state index contributed by atoms with van der Waals surface area (Å²) in [6, 6.07) is 8.10. The molecule has 0 spiro atoms. The van der Waals surface area contributed by atoms with Crippen molar-refractivity contribution in [1.29, 1.82) is 0 Å². The summed E-state index contributed by atoms with van der Waals surface area (Å²) in [5, 5.41) is 9.95. The highest BCUT2D eigenvalue weighted by Gasteiger charge is 2.02. The van der Waals surface area contributed by atoms with Crippen molar-refractivity contribution in [2.75, 3.05) is 5.43 Å². The molecule has 0 amide bonds. The number of aromatic nitrogens is 2. The first-order valence-corrected chi connectivity index (χ1v) is 6.58. The second-order valence-corrected chi connectivity index (χ2v) is 5.00. The quantitative estimate of drug-likeness (QED) is 0.672. The molecular weight excluding hydrogens is 276 g/mol. The first-order chi connectivity index (χ1) is 9.58. The zero-order valence-electron chi connectivity index (χ0n) is 11.2. The number of aromatic amines is 1. The van der Waals surface area contributed by atoms with Crippen LogP contribution >= 0.6 is 11.6 Å². The number of H-pyrrole nitrogens is 1. The van der Waals surface area contributed by atoms with Crippen molar-refractivity contribution in [3.05, 3.63) is 57.0 Å². The molecular formula is C14H15ClN4O. The van der Waals surface area contributed by atoms with E-state index in [1.165, 1.54) is 11.8 Å². The van der Waals surface area contributed by atoms with E-state index in [0.29, 0.717) is 11.6 Å². The average molecular weight is 291 g/mol. The Bertz CT molecular complexity index is 662. The SMILES string of the molecule is CC(C)c1ccc(/C=N/Nc2cn[nH]c(=O)c2Cl)cc1. The molecule has 0 unspecified atom stereocenters. The van der Waals surface area contributed by atoms with Gasteiger partial charge in [-0.3, -0.25) is 10.2 Å². The Labute approximate surface area is 121 Å². The number of hydrogen-bond acceptors (Lipinski definition) is 4. The minimum atomic E-state index is -0.451. The van der Waals surface area contributed by atoms with Crippen LogP contribution in [0.1, 0.15) is 30.9 Å². The molecule has 2 rings (SSSR count). The van der Waals surface area contributed by atoms with Gasteiger partial charge in [-0.15, -0.1) is 0 Å². The fourth-order valence-electron chi connectivity index (χ4n) is 1.60. The van der Waals surface area contributed by atoms with Crippen LogP contribution in [0.4, 0.5) is 5.69 Å². The molecule has 0 saturated carbocycles. The standard InChI is InChI=1S/C14H15ClN4O/c1-9(2)11-5-3-10(4-6-11)7-16-18-12-8-17-19-14(20)13(12)15/h3-9H,1-2H3,(H2,18,19,20)/b16-7+. The summed E-state index contributed by atoms with van der Waals surface area (Å²) in [5.41, 5.74) is 4.84. The van der Waals surface area contributed by atoms with Crippen LogP contribution in [0.15, 0.2) is 40.4 Å². The lowest BCUT2D eigenvalue weighted by molar-refractivity contribution is 0.866. The molecule has 1 aromatic heterocycles. The van der Waals surface area contributed by atoms with E-state index in [0.717, 1.165) is 5.56 Å². The first kappa shape index (κ1) is 14.3. The summed E-state index contributed by atoms with van der Waals surface area (Å²) in [6.07, 6.45) is 3.06. The monoisotopic (exact) mass is 290 g/mol. The molecule has 0 aliphatic rings. The normalized spacial score (nSPS) is 11.2. The van der Waals surface area contributed by atoms with Gasteiger partial charge < -0.3 is 0 Å². The summed E-state index contributed by atoms with van der Waals surface area (Å²) in [7, 11) is 0. The van der Waals surface area contributed by atoms with E-state index in [1.807, 2.05) is 12.1 Å². The molecule has 0 bridgehead atoms. The molecule has 5 nitrogen and oxygen atoms in total. The summed E-state index contributed by atoms with van der Waals surface area (Å²) < 4.78 is 0. The van der Waals surface area contributed by atoms with Gasteiger partial charge in [0.25, 0.3) is 5.56 Å². The molecule has 104 valence electrons. The van der Waals surface area contributed by atoms with Gasteiger partial charge in [0.05, 0.1) is 12.4 Å². The van der Waals surface area contributed by atoms with E-state index in [4.69, 9.17) is 11.6 Å². The molecule has 20 heavy (non-hydrogen) atoms. The van der Waals surface area contributed by atoms with Crippen LogP contribution in [0, 0.1) is 0 Å². The van der Waals surface area contributed by atoms with Gasteiger partial charge in [0, 0.05) is 0 Å². The number of anilines is 1. The van der Waals surface area contributed by atoms with Crippen molar-refractivity contribution in [3.8, 4) is 0 Å². The molecule has 0 saturated heterocycles. The molecule has 2 N–H and O–H groups in total. The van der Waals surface area contributed by atoms with Crippen LogP contribution < -0.4 is 11.0 Å². The van der Waals surface area contributed by atoms with Crippen molar-refractivity contribution in [2.24, 2.45) is 5.10 Å². The Kier molecular flexibility index (Phi) is 4.53. The fraction of sp³-hybridized carbons (Fsp3) is 0.214. The van der Waals surface area contributed by atoms with Crippen LogP contribution in [-0.2, 0) is 0 Å². The highest BCUT2D eigenvalue weighted by atomic mass is 35.5. The van der Waals surface area contributed by atoms with Gasteiger partial charge in [-0.25, -0.2) is 5.10 Å². The van der Waals surface area contributed by atoms with Gasteiger partial charge in [0.1, 0.15) is 10.7 Å². The molecule has 0 fully saturated rings. The fourth-order valence-corrected chi connectivity index (χ4v) is 1.74. The van der Waals surface area contributed by atoms with Crippen molar-refractivity contribution < 1.29 is 0 Å². The van der Waals surface area contributed by atoms with Gasteiger partial charge in [-0.1, -0.05) is 49.7 Å². The number of halogens is 1. The van der Waals surface area contributed by atoms with Crippen LogP contribution in [0.2, 0.25) is 5.02 Å². The van der Waals surface area contributed by atoms with Crippen LogP contribution in [0.25, 0.3) is 0 Å². The molecule has 1 heterocycles. The van der Waals surface area contributed by atoms with Gasteiger partial charge in [0.2, 0.25) is 0 Å². The number of rotatable bonds is 4. The Morgan fingerprint density at radius 1 is 1.35 bits per heavy atom. The lowest BCUT2D eigenvalue weighted by Crippen LogP contribution is -2.10. The maximum Gasteiger partial charge on any atom is 0.285 e. The van der Waals surface area contributed by atoms with Crippen LogP contribution in [0.3, 0.4) is 0 Å². The smallest absolute Gasteiger partial charge is 0.275 e. The predicted molar refractivity (Wildman–Crippen MR) is 81.6 cm³/mol. The minimum Gasteiger partial charge on any atom is -0.275 e.